The fraction of sp³-hybridized carbons (Fsp3) is 0.588. The number of piperidine rings is 1. The summed E-state index contributed by atoms with van der Waals surface area (Å²) in [7, 11) is 0. The minimum absolute atomic E-state index is 0.130. The van der Waals surface area contributed by atoms with Gasteiger partial charge >= 0.3 is 12.3 Å². The van der Waals surface area contributed by atoms with Gasteiger partial charge in [0.1, 0.15) is 11.7 Å². The van der Waals surface area contributed by atoms with Crippen LogP contribution in [0.15, 0.2) is 18.2 Å². The zero-order valence-corrected chi connectivity index (χ0v) is 14.3. The Kier molecular flexibility index (Phi) is 5.49. The Morgan fingerprint density at radius 2 is 1.92 bits per heavy atom. The molecule has 4 nitrogen and oxygen atoms in total. The van der Waals surface area contributed by atoms with Crippen LogP contribution in [0.2, 0.25) is 0 Å². The van der Waals surface area contributed by atoms with Crippen molar-refractivity contribution in [3.63, 3.8) is 0 Å². The number of hydrogen-bond donors (Lipinski definition) is 0. The molecule has 1 atom stereocenters. The molecule has 1 heterocycles. The lowest BCUT2D eigenvalue weighted by atomic mass is 10.1. The van der Waals surface area contributed by atoms with E-state index in [1.165, 1.54) is 4.90 Å². The van der Waals surface area contributed by atoms with Crippen LogP contribution in [0.1, 0.15) is 39.2 Å². The summed E-state index contributed by atoms with van der Waals surface area (Å²) in [4.78, 5) is 13.5. The van der Waals surface area contributed by atoms with Crippen LogP contribution >= 0.6 is 0 Å². The molecule has 140 valence electrons. The molecule has 0 spiro atoms. The quantitative estimate of drug-likeness (QED) is 0.720. The van der Waals surface area contributed by atoms with Crippen molar-refractivity contribution < 1.29 is 31.8 Å². The summed E-state index contributed by atoms with van der Waals surface area (Å²) in [5.41, 5.74) is -2.03. The summed E-state index contributed by atoms with van der Waals surface area (Å²) in [5, 5.41) is 0. The molecular weight excluding hydrogens is 342 g/mol. The van der Waals surface area contributed by atoms with E-state index in [2.05, 4.69) is 0 Å². The van der Waals surface area contributed by atoms with Gasteiger partial charge in [0.25, 0.3) is 0 Å². The highest BCUT2D eigenvalue weighted by Gasteiger charge is 2.36. The molecule has 8 heteroatoms. The maximum Gasteiger partial charge on any atom is 0.419 e. The van der Waals surface area contributed by atoms with Gasteiger partial charge in [-0.15, -0.1) is 0 Å². The number of hydrogen-bond acceptors (Lipinski definition) is 3. The van der Waals surface area contributed by atoms with Crippen LogP contribution in [-0.2, 0) is 10.9 Å². The summed E-state index contributed by atoms with van der Waals surface area (Å²) in [6.07, 6.45) is -4.82. The first-order chi connectivity index (χ1) is 11.5. The van der Waals surface area contributed by atoms with Gasteiger partial charge in [-0.1, -0.05) is 6.07 Å². The molecule has 1 aliphatic rings. The van der Waals surface area contributed by atoms with Gasteiger partial charge in [-0.3, -0.25) is 0 Å². The van der Waals surface area contributed by atoms with Crippen molar-refractivity contribution in [3.05, 3.63) is 29.6 Å². The van der Waals surface area contributed by atoms with Crippen molar-refractivity contribution in [2.75, 3.05) is 13.1 Å². The number of halogens is 4. The largest absolute Gasteiger partial charge is 0.485 e. The van der Waals surface area contributed by atoms with Crippen molar-refractivity contribution in [2.45, 2.75) is 51.5 Å². The van der Waals surface area contributed by atoms with E-state index in [0.29, 0.717) is 25.5 Å². The number of carbonyl (C=O) groups excluding carboxylic acids is 1. The van der Waals surface area contributed by atoms with Gasteiger partial charge in [0.05, 0.1) is 12.1 Å². The molecule has 1 amide bonds. The molecule has 0 aromatic heterocycles. The molecule has 1 fully saturated rings. The minimum Gasteiger partial charge on any atom is -0.485 e. The number of alkyl halides is 3. The number of ether oxygens (including phenoxy) is 2. The molecule has 2 rings (SSSR count). The van der Waals surface area contributed by atoms with Crippen LogP contribution < -0.4 is 4.74 Å². The highest BCUT2D eigenvalue weighted by molar-refractivity contribution is 5.68. The number of carbonyl (C=O) groups is 1. The monoisotopic (exact) mass is 363 g/mol. The highest BCUT2D eigenvalue weighted by Crippen LogP contribution is 2.35. The van der Waals surface area contributed by atoms with Gasteiger partial charge in [0.15, 0.2) is 11.6 Å². The Labute approximate surface area is 143 Å². The molecule has 1 aliphatic heterocycles. The average molecular weight is 363 g/mol. The molecule has 1 aromatic carbocycles. The Morgan fingerprint density at radius 1 is 1.24 bits per heavy atom. The molecule has 0 aliphatic carbocycles. The lowest BCUT2D eigenvalue weighted by Crippen LogP contribution is -2.46. The maximum absolute atomic E-state index is 14.1. The second-order valence-electron chi connectivity index (χ2n) is 6.92. The van der Waals surface area contributed by atoms with E-state index in [4.69, 9.17) is 9.47 Å². The van der Waals surface area contributed by atoms with Gasteiger partial charge in [-0.05, 0) is 45.7 Å². The lowest BCUT2D eigenvalue weighted by Gasteiger charge is -2.34. The van der Waals surface area contributed by atoms with Crippen molar-refractivity contribution in [1.29, 1.82) is 0 Å². The van der Waals surface area contributed by atoms with Gasteiger partial charge < -0.3 is 14.4 Å². The zero-order valence-electron chi connectivity index (χ0n) is 14.3. The molecule has 0 radical (unpaired) electrons. The summed E-state index contributed by atoms with van der Waals surface area (Å²) in [5.74, 6) is -1.91. The molecule has 1 saturated heterocycles. The first-order valence-corrected chi connectivity index (χ1v) is 7.97. The number of benzene rings is 1. The van der Waals surface area contributed by atoms with Gasteiger partial charge in [0, 0.05) is 6.54 Å². The summed E-state index contributed by atoms with van der Waals surface area (Å²) in [6.45, 7) is 5.80. The first-order valence-electron chi connectivity index (χ1n) is 7.97. The number of likely N-dealkylation sites (tertiary alicyclic amines) is 1. The Hall–Kier alpha value is -1.99. The molecule has 25 heavy (non-hydrogen) atoms. The predicted octanol–water partition coefficient (Wildman–Crippen LogP) is 4.62. The van der Waals surface area contributed by atoms with Crippen molar-refractivity contribution in [3.8, 4) is 5.75 Å². The molecule has 0 N–H and O–H groups in total. The van der Waals surface area contributed by atoms with Crippen LogP contribution in [0.3, 0.4) is 0 Å². The number of amides is 1. The topological polar surface area (TPSA) is 38.8 Å². The van der Waals surface area contributed by atoms with Crippen molar-refractivity contribution in [2.24, 2.45) is 0 Å². The lowest BCUT2D eigenvalue weighted by molar-refractivity contribution is -0.140. The van der Waals surface area contributed by atoms with Gasteiger partial charge in [0.2, 0.25) is 0 Å². The van der Waals surface area contributed by atoms with E-state index in [1.807, 2.05) is 0 Å². The molecule has 0 saturated carbocycles. The third-order valence-electron chi connectivity index (χ3n) is 3.59. The molecule has 1 unspecified atom stereocenters. The van der Waals surface area contributed by atoms with Crippen LogP contribution in [0.5, 0.6) is 5.75 Å². The third-order valence-corrected chi connectivity index (χ3v) is 3.59. The summed E-state index contributed by atoms with van der Waals surface area (Å²) >= 11 is 0. The van der Waals surface area contributed by atoms with E-state index in [9.17, 15) is 22.4 Å². The smallest absolute Gasteiger partial charge is 0.419 e. The van der Waals surface area contributed by atoms with E-state index < -0.39 is 41.1 Å². The van der Waals surface area contributed by atoms with E-state index in [1.54, 1.807) is 20.8 Å². The van der Waals surface area contributed by atoms with Crippen molar-refractivity contribution in [1.82, 2.24) is 4.90 Å². The maximum atomic E-state index is 14.1. The number of nitrogens with zero attached hydrogens (tertiary/aromatic N) is 1. The minimum atomic E-state index is -4.79. The molecule has 1 aromatic rings. The summed E-state index contributed by atoms with van der Waals surface area (Å²) in [6, 6.07) is 2.91. The normalized spacial score (nSPS) is 18.8. The standard InChI is InChI=1S/C17H21F4NO3/c1-16(2,3)25-15(23)22-9-5-6-11(10-22)24-13-8-4-7-12(14(13)18)17(19,20)21/h4,7-8,11H,5-6,9-10H2,1-3H3. The van der Waals surface area contributed by atoms with E-state index in [-0.39, 0.29) is 6.54 Å². The third kappa shape index (κ3) is 5.24. The highest BCUT2D eigenvalue weighted by atomic mass is 19.4. The molecule has 0 bridgehead atoms. The fourth-order valence-corrected chi connectivity index (χ4v) is 2.53. The van der Waals surface area contributed by atoms with Crippen molar-refractivity contribution >= 4 is 6.09 Å². The Bertz CT molecular complexity index is 625. The molecular formula is C17H21F4NO3. The van der Waals surface area contributed by atoms with Crippen LogP contribution in [-0.4, -0.2) is 35.8 Å². The SMILES string of the molecule is CC(C)(C)OC(=O)N1CCCC(Oc2cccc(C(F)(F)F)c2F)C1. The predicted molar refractivity (Wildman–Crippen MR) is 82.9 cm³/mol. The Morgan fingerprint density at radius 3 is 2.52 bits per heavy atom. The second kappa shape index (κ2) is 7.09. The first kappa shape index (κ1) is 19.3. The second-order valence-corrected chi connectivity index (χ2v) is 6.92. The van der Waals surface area contributed by atoms with E-state index >= 15 is 0 Å². The van der Waals surface area contributed by atoms with Gasteiger partial charge in [-0.2, -0.15) is 13.2 Å². The van der Waals surface area contributed by atoms with Gasteiger partial charge in [-0.25, -0.2) is 9.18 Å². The number of rotatable bonds is 2. The van der Waals surface area contributed by atoms with Crippen LogP contribution in [0, 0.1) is 5.82 Å². The van der Waals surface area contributed by atoms with Crippen LogP contribution in [0.4, 0.5) is 22.4 Å². The Balaban J connectivity index is 2.07. The fourth-order valence-electron chi connectivity index (χ4n) is 2.53. The van der Waals surface area contributed by atoms with E-state index in [0.717, 1.165) is 12.1 Å². The summed E-state index contributed by atoms with van der Waals surface area (Å²) < 4.78 is 63.0. The van der Waals surface area contributed by atoms with Crippen LogP contribution in [0.25, 0.3) is 0 Å². The average Bonchev–Trinajstić information content (AvgIpc) is 2.47. The zero-order chi connectivity index (χ0) is 18.8.